The van der Waals surface area contributed by atoms with Crippen LogP contribution in [-0.4, -0.2) is 56.7 Å². The Morgan fingerprint density at radius 1 is 1.22 bits per heavy atom. The lowest BCUT2D eigenvalue weighted by Gasteiger charge is -2.35. The normalized spacial score (nSPS) is 15.8. The summed E-state index contributed by atoms with van der Waals surface area (Å²) in [5.74, 6) is 1.29. The molecular formula is C19H30N6O2. The van der Waals surface area contributed by atoms with E-state index in [2.05, 4.69) is 28.9 Å². The fourth-order valence-corrected chi connectivity index (χ4v) is 3.29. The second-order valence-corrected chi connectivity index (χ2v) is 8.65. The van der Waals surface area contributed by atoms with Gasteiger partial charge in [-0.05, 0) is 33.1 Å². The molecule has 2 aromatic rings. The number of fused-ring (bicyclic) bond motifs is 1. The first-order chi connectivity index (χ1) is 12.7. The molecule has 0 atom stereocenters. The summed E-state index contributed by atoms with van der Waals surface area (Å²) in [5.41, 5.74) is 0.152. The van der Waals surface area contributed by atoms with Crippen molar-refractivity contribution in [3.63, 3.8) is 0 Å². The Kier molecular flexibility index (Phi) is 5.26. The van der Waals surface area contributed by atoms with Crippen molar-refractivity contribution in [3.05, 3.63) is 16.6 Å². The maximum absolute atomic E-state index is 12.5. The highest BCUT2D eigenvalue weighted by Crippen LogP contribution is 2.20. The highest BCUT2D eigenvalue weighted by molar-refractivity contribution is 5.77. The van der Waals surface area contributed by atoms with Crippen molar-refractivity contribution in [2.24, 2.45) is 5.92 Å². The van der Waals surface area contributed by atoms with Crippen LogP contribution >= 0.6 is 0 Å². The standard InChI is InChI=1S/C19H30N6O2/c1-13(2)6-7-15(26)23-8-10-24(11-9-23)18-21-16-14(17(27)22-18)12-20-25(16)19(3,4)5/h12-13H,6-11H2,1-5H3,(H,21,22,27). The van der Waals surface area contributed by atoms with Crippen LogP contribution in [0.25, 0.3) is 11.0 Å². The van der Waals surface area contributed by atoms with E-state index in [0.29, 0.717) is 55.5 Å². The maximum atomic E-state index is 12.5. The molecule has 0 spiro atoms. The van der Waals surface area contributed by atoms with Crippen molar-refractivity contribution in [3.8, 4) is 0 Å². The van der Waals surface area contributed by atoms with Gasteiger partial charge in [0.25, 0.3) is 5.56 Å². The summed E-state index contributed by atoms with van der Waals surface area (Å²) in [6, 6.07) is 0. The molecule has 8 nitrogen and oxygen atoms in total. The second kappa shape index (κ2) is 7.32. The van der Waals surface area contributed by atoms with Gasteiger partial charge in [0.1, 0.15) is 5.39 Å². The molecule has 1 amide bonds. The number of rotatable bonds is 4. The zero-order valence-electron chi connectivity index (χ0n) is 16.9. The highest BCUT2D eigenvalue weighted by atomic mass is 16.2. The number of carbonyl (C=O) groups is 1. The van der Waals surface area contributed by atoms with Gasteiger partial charge in [0, 0.05) is 32.6 Å². The van der Waals surface area contributed by atoms with Crippen molar-refractivity contribution in [1.29, 1.82) is 0 Å². The predicted octanol–water partition coefficient (Wildman–Crippen LogP) is 1.96. The number of carbonyl (C=O) groups excluding carboxylic acids is 1. The third-order valence-corrected chi connectivity index (χ3v) is 4.93. The van der Waals surface area contributed by atoms with Gasteiger partial charge in [0.2, 0.25) is 11.9 Å². The molecule has 148 valence electrons. The number of H-pyrrole nitrogens is 1. The molecule has 0 saturated carbocycles. The number of hydrogen-bond donors (Lipinski definition) is 1. The molecule has 27 heavy (non-hydrogen) atoms. The summed E-state index contributed by atoms with van der Waals surface area (Å²) >= 11 is 0. The molecule has 8 heteroatoms. The lowest BCUT2D eigenvalue weighted by Crippen LogP contribution is -2.49. The Balaban J connectivity index is 1.76. The number of piperazine rings is 1. The Labute approximate surface area is 159 Å². The van der Waals surface area contributed by atoms with E-state index in [1.165, 1.54) is 0 Å². The van der Waals surface area contributed by atoms with E-state index in [1.807, 2.05) is 30.6 Å². The van der Waals surface area contributed by atoms with Crippen molar-refractivity contribution < 1.29 is 4.79 Å². The first-order valence-corrected chi connectivity index (χ1v) is 9.68. The lowest BCUT2D eigenvalue weighted by atomic mass is 10.1. The number of hydrogen-bond acceptors (Lipinski definition) is 5. The van der Waals surface area contributed by atoms with Crippen LogP contribution in [0.5, 0.6) is 0 Å². The minimum absolute atomic E-state index is 0.180. The summed E-state index contributed by atoms with van der Waals surface area (Å²) in [5, 5.41) is 4.84. The van der Waals surface area contributed by atoms with Crippen LogP contribution in [0.1, 0.15) is 47.5 Å². The van der Waals surface area contributed by atoms with E-state index in [0.717, 1.165) is 6.42 Å². The average molecular weight is 374 g/mol. The molecule has 1 aliphatic heterocycles. The van der Waals surface area contributed by atoms with Crippen LogP contribution < -0.4 is 10.5 Å². The Bertz CT molecular complexity index is 868. The van der Waals surface area contributed by atoms with Gasteiger partial charge in [-0.3, -0.25) is 14.6 Å². The minimum atomic E-state index is -0.263. The van der Waals surface area contributed by atoms with Gasteiger partial charge in [-0.1, -0.05) is 13.8 Å². The average Bonchev–Trinajstić information content (AvgIpc) is 3.04. The third-order valence-electron chi connectivity index (χ3n) is 4.93. The molecule has 0 aromatic carbocycles. The van der Waals surface area contributed by atoms with E-state index in [1.54, 1.807) is 10.9 Å². The molecule has 3 heterocycles. The zero-order valence-corrected chi connectivity index (χ0v) is 16.9. The molecule has 1 saturated heterocycles. The molecular weight excluding hydrogens is 344 g/mol. The van der Waals surface area contributed by atoms with E-state index in [9.17, 15) is 9.59 Å². The van der Waals surface area contributed by atoms with E-state index in [-0.39, 0.29) is 17.0 Å². The Morgan fingerprint density at radius 3 is 2.48 bits per heavy atom. The highest BCUT2D eigenvalue weighted by Gasteiger charge is 2.25. The van der Waals surface area contributed by atoms with Crippen molar-refractivity contribution in [2.75, 3.05) is 31.1 Å². The van der Waals surface area contributed by atoms with E-state index < -0.39 is 0 Å². The zero-order chi connectivity index (χ0) is 19.8. The fourth-order valence-electron chi connectivity index (χ4n) is 3.29. The Hall–Kier alpha value is -2.38. The molecule has 1 aliphatic rings. The molecule has 0 bridgehead atoms. The van der Waals surface area contributed by atoms with E-state index >= 15 is 0 Å². The van der Waals surface area contributed by atoms with Crippen LogP contribution in [0.15, 0.2) is 11.0 Å². The van der Waals surface area contributed by atoms with Crippen molar-refractivity contribution in [2.45, 2.75) is 53.0 Å². The summed E-state index contributed by atoms with van der Waals surface area (Å²) < 4.78 is 1.78. The van der Waals surface area contributed by atoms with Crippen molar-refractivity contribution >= 4 is 22.9 Å². The van der Waals surface area contributed by atoms with Gasteiger partial charge in [0.05, 0.1) is 11.7 Å². The quantitative estimate of drug-likeness (QED) is 0.884. The van der Waals surface area contributed by atoms with Gasteiger partial charge < -0.3 is 9.80 Å². The molecule has 0 radical (unpaired) electrons. The molecule has 0 aliphatic carbocycles. The largest absolute Gasteiger partial charge is 0.339 e. The minimum Gasteiger partial charge on any atom is -0.339 e. The summed E-state index contributed by atoms with van der Waals surface area (Å²) in [4.78, 5) is 36.3. The fraction of sp³-hybridized carbons (Fsp3) is 0.684. The summed E-state index contributed by atoms with van der Waals surface area (Å²) in [6.45, 7) is 13.0. The van der Waals surface area contributed by atoms with Gasteiger partial charge in [-0.25, -0.2) is 4.68 Å². The van der Waals surface area contributed by atoms with E-state index in [4.69, 9.17) is 0 Å². The first-order valence-electron chi connectivity index (χ1n) is 9.68. The Morgan fingerprint density at radius 2 is 1.89 bits per heavy atom. The van der Waals surface area contributed by atoms with Crippen LogP contribution in [-0.2, 0) is 10.3 Å². The van der Waals surface area contributed by atoms with Crippen LogP contribution in [0.2, 0.25) is 0 Å². The van der Waals surface area contributed by atoms with Crippen LogP contribution in [0, 0.1) is 5.92 Å². The number of aromatic amines is 1. The monoisotopic (exact) mass is 374 g/mol. The smallest absolute Gasteiger partial charge is 0.263 e. The SMILES string of the molecule is CC(C)CCC(=O)N1CCN(c2nc3c(cnn3C(C)(C)C)c(=O)[nH]2)CC1. The molecule has 2 aromatic heterocycles. The van der Waals surface area contributed by atoms with Crippen LogP contribution in [0.3, 0.4) is 0 Å². The molecule has 3 rings (SSSR count). The van der Waals surface area contributed by atoms with Crippen molar-refractivity contribution in [1.82, 2.24) is 24.6 Å². The van der Waals surface area contributed by atoms with Gasteiger partial charge in [-0.15, -0.1) is 0 Å². The molecule has 1 fully saturated rings. The number of nitrogens with zero attached hydrogens (tertiary/aromatic N) is 5. The van der Waals surface area contributed by atoms with Gasteiger partial charge in [0.15, 0.2) is 5.65 Å². The third kappa shape index (κ3) is 4.14. The van der Waals surface area contributed by atoms with Gasteiger partial charge >= 0.3 is 0 Å². The number of anilines is 1. The van der Waals surface area contributed by atoms with Crippen LogP contribution in [0.4, 0.5) is 5.95 Å². The number of nitrogens with one attached hydrogen (secondary N) is 1. The predicted molar refractivity (Wildman–Crippen MR) is 106 cm³/mol. The maximum Gasteiger partial charge on any atom is 0.263 e. The summed E-state index contributed by atoms with van der Waals surface area (Å²) in [7, 11) is 0. The lowest BCUT2D eigenvalue weighted by molar-refractivity contribution is -0.131. The number of amides is 1. The number of aromatic nitrogens is 4. The first kappa shape index (κ1) is 19.4. The van der Waals surface area contributed by atoms with Gasteiger partial charge in [-0.2, -0.15) is 10.1 Å². The molecule has 0 unspecified atom stereocenters. The summed E-state index contributed by atoms with van der Waals surface area (Å²) in [6.07, 6.45) is 3.09. The second-order valence-electron chi connectivity index (χ2n) is 8.65. The topological polar surface area (TPSA) is 87.1 Å². The molecule has 1 N–H and O–H groups in total.